The quantitative estimate of drug-likeness (QED) is 0.425. The van der Waals surface area contributed by atoms with E-state index in [1.54, 1.807) is 7.11 Å². The van der Waals surface area contributed by atoms with Gasteiger partial charge in [-0.15, -0.1) is 0 Å². The van der Waals surface area contributed by atoms with Crippen LogP contribution in [0.3, 0.4) is 0 Å². The Kier molecular flexibility index (Phi) is 8.44. The maximum Gasteiger partial charge on any atom is 0.128 e. The van der Waals surface area contributed by atoms with Gasteiger partial charge in [0.15, 0.2) is 0 Å². The average Bonchev–Trinajstić information content (AvgIpc) is 2.68. The van der Waals surface area contributed by atoms with Crippen LogP contribution in [-0.2, 0) is 0 Å². The molecule has 2 aromatic carbocycles. The Balaban J connectivity index is 2.26. The van der Waals surface area contributed by atoms with Gasteiger partial charge >= 0.3 is 0 Å². The van der Waals surface area contributed by atoms with Crippen LogP contribution in [0.5, 0.6) is 5.75 Å². The highest BCUT2D eigenvalue weighted by atomic mass is 16.5. The smallest absolute Gasteiger partial charge is 0.128 e. The first-order valence-electron chi connectivity index (χ1n) is 10.3. The van der Waals surface area contributed by atoms with E-state index in [1.807, 2.05) is 0 Å². The number of rotatable bonds is 10. The molecule has 0 saturated carbocycles. The van der Waals surface area contributed by atoms with Crippen LogP contribution in [0.4, 0.5) is 5.69 Å². The molecule has 0 N–H and O–H groups in total. The van der Waals surface area contributed by atoms with Crippen molar-refractivity contribution >= 4 is 17.8 Å². The van der Waals surface area contributed by atoms with Crippen molar-refractivity contribution in [3.63, 3.8) is 0 Å². The first kappa shape index (κ1) is 21.1. The molecule has 0 amide bonds. The van der Waals surface area contributed by atoms with E-state index in [2.05, 4.69) is 81.1 Å². The van der Waals surface area contributed by atoms with E-state index in [0.29, 0.717) is 0 Å². The summed E-state index contributed by atoms with van der Waals surface area (Å²) < 4.78 is 5.71. The van der Waals surface area contributed by atoms with E-state index in [9.17, 15) is 0 Å². The number of unbranched alkanes of at least 4 members (excludes halogenated alkanes) is 2. The molecule has 0 spiro atoms. The highest BCUT2D eigenvalue weighted by molar-refractivity contribution is 5.75. The number of aryl methyl sites for hydroxylation is 2. The van der Waals surface area contributed by atoms with Gasteiger partial charge in [0.05, 0.1) is 7.11 Å². The van der Waals surface area contributed by atoms with E-state index in [-0.39, 0.29) is 0 Å². The minimum absolute atomic E-state index is 0.937. The Bertz CT molecular complexity index is 740. The predicted octanol–water partition coefficient (Wildman–Crippen LogP) is 6.89. The molecule has 2 nitrogen and oxygen atoms in total. The number of hydrogen-bond acceptors (Lipinski definition) is 2. The summed E-state index contributed by atoms with van der Waals surface area (Å²) in [7, 11) is 1.76. The molecule has 27 heavy (non-hydrogen) atoms. The summed E-state index contributed by atoms with van der Waals surface area (Å²) in [6.45, 7) is 11.0. The van der Waals surface area contributed by atoms with Crippen LogP contribution in [0, 0.1) is 13.8 Å². The van der Waals surface area contributed by atoms with Crippen molar-refractivity contribution in [1.29, 1.82) is 0 Å². The van der Waals surface area contributed by atoms with Gasteiger partial charge < -0.3 is 9.64 Å². The largest absolute Gasteiger partial charge is 0.496 e. The number of nitrogens with zero attached hydrogens (tertiary/aromatic N) is 1. The fraction of sp³-hybridized carbons (Fsp3) is 0.440. The molecule has 0 heterocycles. The summed E-state index contributed by atoms with van der Waals surface area (Å²) in [6, 6.07) is 13.2. The molecular formula is C25H35NO. The topological polar surface area (TPSA) is 12.5 Å². The lowest BCUT2D eigenvalue weighted by atomic mass is 10.0. The highest BCUT2D eigenvalue weighted by Crippen LogP contribution is 2.28. The molecule has 2 aromatic rings. The van der Waals surface area contributed by atoms with Gasteiger partial charge in [0.2, 0.25) is 0 Å². The molecule has 0 aliphatic carbocycles. The van der Waals surface area contributed by atoms with Crippen LogP contribution >= 0.6 is 0 Å². The third-order valence-electron chi connectivity index (χ3n) is 5.02. The summed E-state index contributed by atoms with van der Waals surface area (Å²) in [5, 5.41) is 0. The first-order chi connectivity index (χ1) is 13.1. The van der Waals surface area contributed by atoms with Crippen LogP contribution in [0.25, 0.3) is 12.2 Å². The fourth-order valence-corrected chi connectivity index (χ4v) is 3.22. The van der Waals surface area contributed by atoms with E-state index in [0.717, 1.165) is 24.4 Å². The van der Waals surface area contributed by atoms with E-state index in [1.165, 1.54) is 48.1 Å². The van der Waals surface area contributed by atoms with Gasteiger partial charge in [-0.1, -0.05) is 62.6 Å². The highest BCUT2D eigenvalue weighted by Gasteiger charge is 2.09. The minimum atomic E-state index is 0.937. The normalized spacial score (nSPS) is 11.1. The van der Waals surface area contributed by atoms with Gasteiger partial charge in [-0.3, -0.25) is 0 Å². The molecule has 146 valence electrons. The number of hydrogen-bond donors (Lipinski definition) is 0. The maximum atomic E-state index is 5.71. The monoisotopic (exact) mass is 365 g/mol. The van der Waals surface area contributed by atoms with Crippen molar-refractivity contribution in [2.45, 2.75) is 53.4 Å². The van der Waals surface area contributed by atoms with Crippen molar-refractivity contribution in [1.82, 2.24) is 0 Å². The van der Waals surface area contributed by atoms with Gasteiger partial charge in [-0.05, 0) is 49.9 Å². The van der Waals surface area contributed by atoms with E-state index >= 15 is 0 Å². The van der Waals surface area contributed by atoms with Gasteiger partial charge in [0.25, 0.3) is 0 Å². The Labute approximate surface area is 165 Å². The van der Waals surface area contributed by atoms with Gasteiger partial charge in [0, 0.05) is 30.4 Å². The van der Waals surface area contributed by atoms with Crippen molar-refractivity contribution < 1.29 is 4.74 Å². The summed E-state index contributed by atoms with van der Waals surface area (Å²) in [4.78, 5) is 2.49. The second-order valence-electron chi connectivity index (χ2n) is 7.31. The van der Waals surface area contributed by atoms with Crippen molar-refractivity contribution in [3.8, 4) is 5.75 Å². The molecule has 0 saturated heterocycles. The predicted molar refractivity (Wildman–Crippen MR) is 120 cm³/mol. The van der Waals surface area contributed by atoms with Crippen molar-refractivity contribution in [2.24, 2.45) is 0 Å². The summed E-state index contributed by atoms with van der Waals surface area (Å²) in [6.07, 6.45) is 9.23. The standard InChI is InChI=1S/C25H35NO/c1-6-8-16-26(17-9-7-2)24-15-14-22(25(19-24)27-5)12-13-23-18-20(3)10-11-21(23)4/h10-15,18-19H,6-9,16-17H2,1-5H3. The zero-order chi connectivity index (χ0) is 19.6. The lowest BCUT2D eigenvalue weighted by molar-refractivity contribution is 0.414. The molecule has 0 aliphatic heterocycles. The Morgan fingerprint density at radius 3 is 2.15 bits per heavy atom. The van der Waals surface area contributed by atoms with Crippen LogP contribution in [-0.4, -0.2) is 20.2 Å². The second kappa shape index (κ2) is 10.8. The molecule has 0 aromatic heterocycles. The van der Waals surface area contributed by atoms with Gasteiger partial charge in [-0.25, -0.2) is 0 Å². The molecule has 0 atom stereocenters. The summed E-state index contributed by atoms with van der Waals surface area (Å²) >= 11 is 0. The third kappa shape index (κ3) is 6.16. The minimum Gasteiger partial charge on any atom is -0.496 e. The fourth-order valence-electron chi connectivity index (χ4n) is 3.22. The number of benzene rings is 2. The molecule has 0 bridgehead atoms. The van der Waals surface area contributed by atoms with Crippen LogP contribution in [0.2, 0.25) is 0 Å². The molecule has 2 rings (SSSR count). The Morgan fingerprint density at radius 1 is 0.852 bits per heavy atom. The number of ether oxygens (including phenoxy) is 1. The molecule has 2 heteroatoms. The van der Waals surface area contributed by atoms with Crippen LogP contribution in [0.1, 0.15) is 61.8 Å². The molecular weight excluding hydrogens is 330 g/mol. The molecule has 0 fully saturated rings. The lowest BCUT2D eigenvalue weighted by Crippen LogP contribution is -2.25. The van der Waals surface area contributed by atoms with Crippen molar-refractivity contribution in [3.05, 3.63) is 58.7 Å². The van der Waals surface area contributed by atoms with Gasteiger partial charge in [-0.2, -0.15) is 0 Å². The maximum absolute atomic E-state index is 5.71. The summed E-state index contributed by atoms with van der Waals surface area (Å²) in [5.41, 5.74) is 6.21. The Morgan fingerprint density at radius 2 is 1.52 bits per heavy atom. The number of anilines is 1. The molecule has 0 unspecified atom stereocenters. The van der Waals surface area contributed by atoms with Gasteiger partial charge in [0.1, 0.15) is 5.75 Å². The van der Waals surface area contributed by atoms with E-state index in [4.69, 9.17) is 4.74 Å². The van der Waals surface area contributed by atoms with Crippen molar-refractivity contribution in [2.75, 3.05) is 25.1 Å². The zero-order valence-corrected chi connectivity index (χ0v) is 17.7. The third-order valence-corrected chi connectivity index (χ3v) is 5.02. The van der Waals surface area contributed by atoms with Crippen LogP contribution in [0.15, 0.2) is 36.4 Å². The van der Waals surface area contributed by atoms with E-state index < -0.39 is 0 Å². The lowest BCUT2D eigenvalue weighted by Gasteiger charge is -2.25. The Hall–Kier alpha value is -2.22. The average molecular weight is 366 g/mol. The molecule has 0 radical (unpaired) electrons. The summed E-state index contributed by atoms with van der Waals surface area (Å²) in [5.74, 6) is 0.937. The second-order valence-corrected chi connectivity index (χ2v) is 7.31. The van der Waals surface area contributed by atoms with Crippen LogP contribution < -0.4 is 9.64 Å². The SMILES string of the molecule is CCCCN(CCCC)c1ccc(C=Cc2cc(C)ccc2C)c(OC)c1. The zero-order valence-electron chi connectivity index (χ0n) is 17.7. The first-order valence-corrected chi connectivity index (χ1v) is 10.3. The number of methoxy groups -OCH3 is 1. The molecule has 0 aliphatic rings.